The summed E-state index contributed by atoms with van der Waals surface area (Å²) in [6, 6.07) is 12.1. The van der Waals surface area contributed by atoms with Crippen molar-refractivity contribution in [1.82, 2.24) is 10.3 Å². The van der Waals surface area contributed by atoms with Crippen LogP contribution in [-0.2, 0) is 20.9 Å². The highest BCUT2D eigenvalue weighted by atomic mass is 16.6. The zero-order valence-corrected chi connectivity index (χ0v) is 17.0. The Labute approximate surface area is 175 Å². The quantitative estimate of drug-likeness (QED) is 0.620. The van der Waals surface area contributed by atoms with E-state index in [1.165, 1.54) is 6.20 Å². The number of carbonyl (C=O) groups excluding carboxylic acids is 2. The number of alkyl carbamates (subject to hydrolysis) is 1. The molecule has 8 heteroatoms. The van der Waals surface area contributed by atoms with Crippen LogP contribution in [0.25, 0.3) is 0 Å². The number of amides is 2. The van der Waals surface area contributed by atoms with Gasteiger partial charge in [-0.1, -0.05) is 50.1 Å². The molecular weight excluding hydrogens is 386 g/mol. The fourth-order valence-electron chi connectivity index (χ4n) is 2.79. The number of benzene rings is 1. The molecule has 0 bridgehead atoms. The van der Waals surface area contributed by atoms with Gasteiger partial charge in [-0.15, -0.1) is 0 Å². The van der Waals surface area contributed by atoms with E-state index in [1.54, 1.807) is 12.1 Å². The third kappa shape index (κ3) is 6.73. The van der Waals surface area contributed by atoms with Crippen LogP contribution < -0.4 is 15.4 Å². The maximum atomic E-state index is 12.7. The van der Waals surface area contributed by atoms with Gasteiger partial charge in [-0.2, -0.15) is 0 Å². The highest BCUT2D eigenvalue weighted by Gasteiger charge is 2.22. The van der Waals surface area contributed by atoms with Crippen LogP contribution >= 0.6 is 0 Å². The van der Waals surface area contributed by atoms with Gasteiger partial charge in [-0.25, -0.2) is 9.78 Å². The van der Waals surface area contributed by atoms with Crippen LogP contribution in [0.3, 0.4) is 0 Å². The van der Waals surface area contributed by atoms with Crippen molar-refractivity contribution < 1.29 is 23.8 Å². The second-order valence-corrected chi connectivity index (χ2v) is 7.05. The third-order valence-corrected chi connectivity index (χ3v) is 4.57. The van der Waals surface area contributed by atoms with E-state index in [0.29, 0.717) is 31.2 Å². The van der Waals surface area contributed by atoms with Gasteiger partial charge in [0.25, 0.3) is 0 Å². The number of nitrogens with one attached hydrogen (secondary N) is 2. The van der Waals surface area contributed by atoms with Crippen molar-refractivity contribution in [3.63, 3.8) is 0 Å². The van der Waals surface area contributed by atoms with Gasteiger partial charge in [0.2, 0.25) is 11.8 Å². The van der Waals surface area contributed by atoms with Crippen molar-refractivity contribution in [2.24, 2.45) is 0 Å². The normalized spacial score (nSPS) is 14.3. The van der Waals surface area contributed by atoms with E-state index in [1.807, 2.05) is 37.3 Å². The SMILES string of the molecule is CCCCC(NC(=O)OCc1ccccc1)C(=O)Nc1ccc(OC2COC2)nc1. The first-order valence-electron chi connectivity index (χ1n) is 10.1. The number of hydrogen-bond donors (Lipinski definition) is 2. The predicted octanol–water partition coefficient (Wildman–Crippen LogP) is 3.28. The van der Waals surface area contributed by atoms with Gasteiger partial charge in [0.15, 0.2) is 0 Å². The lowest BCUT2D eigenvalue weighted by atomic mass is 10.1. The molecule has 2 aromatic rings. The predicted molar refractivity (Wildman–Crippen MR) is 111 cm³/mol. The summed E-state index contributed by atoms with van der Waals surface area (Å²) in [5.74, 6) is 0.161. The first kappa shape index (κ1) is 21.6. The van der Waals surface area contributed by atoms with E-state index < -0.39 is 12.1 Å². The molecule has 0 aliphatic carbocycles. The number of carbonyl (C=O) groups is 2. The number of pyridine rings is 1. The lowest BCUT2D eigenvalue weighted by molar-refractivity contribution is -0.118. The van der Waals surface area contributed by atoms with Gasteiger partial charge in [0.1, 0.15) is 18.8 Å². The minimum absolute atomic E-state index is 0.0301. The number of rotatable bonds is 10. The minimum atomic E-state index is -0.698. The molecule has 2 amide bonds. The zero-order valence-electron chi connectivity index (χ0n) is 17.0. The number of hydrogen-bond acceptors (Lipinski definition) is 6. The van der Waals surface area contributed by atoms with E-state index in [0.717, 1.165) is 18.4 Å². The summed E-state index contributed by atoms with van der Waals surface area (Å²) >= 11 is 0. The lowest BCUT2D eigenvalue weighted by Crippen LogP contribution is -2.44. The molecule has 0 spiro atoms. The minimum Gasteiger partial charge on any atom is -0.469 e. The molecular formula is C22H27N3O5. The molecule has 3 rings (SSSR count). The van der Waals surface area contributed by atoms with Crippen LogP contribution in [-0.4, -0.2) is 42.3 Å². The molecule has 2 N–H and O–H groups in total. The van der Waals surface area contributed by atoms with E-state index >= 15 is 0 Å². The molecule has 1 atom stereocenters. The van der Waals surface area contributed by atoms with Gasteiger partial charge >= 0.3 is 6.09 Å². The monoisotopic (exact) mass is 413 g/mol. The molecule has 1 fully saturated rings. The summed E-state index contributed by atoms with van der Waals surface area (Å²) in [6.45, 7) is 3.29. The standard InChI is InChI=1S/C22H27N3O5/c1-2-3-9-19(25-22(27)29-13-16-7-5-4-6-8-16)21(26)24-17-10-11-20(23-12-17)30-18-14-28-15-18/h4-8,10-12,18-19H,2-3,9,13-15H2,1H3,(H,24,26)(H,25,27). The fourth-order valence-corrected chi connectivity index (χ4v) is 2.79. The maximum Gasteiger partial charge on any atom is 0.408 e. The Kier molecular flexibility index (Phi) is 8.02. The smallest absolute Gasteiger partial charge is 0.408 e. The van der Waals surface area contributed by atoms with E-state index in [2.05, 4.69) is 15.6 Å². The van der Waals surface area contributed by atoms with Crippen molar-refractivity contribution in [1.29, 1.82) is 0 Å². The first-order chi connectivity index (χ1) is 14.6. The number of ether oxygens (including phenoxy) is 3. The highest BCUT2D eigenvalue weighted by Crippen LogP contribution is 2.16. The number of unbranched alkanes of at least 4 members (excludes halogenated alkanes) is 1. The molecule has 160 valence electrons. The average molecular weight is 413 g/mol. The number of anilines is 1. The van der Waals surface area contributed by atoms with Crippen LogP contribution in [0.15, 0.2) is 48.7 Å². The molecule has 2 heterocycles. The van der Waals surface area contributed by atoms with Gasteiger partial charge in [-0.3, -0.25) is 4.79 Å². The lowest BCUT2D eigenvalue weighted by Gasteiger charge is -2.26. The van der Waals surface area contributed by atoms with Crippen LogP contribution in [0.4, 0.5) is 10.5 Å². The second kappa shape index (κ2) is 11.2. The van der Waals surface area contributed by atoms with Gasteiger partial charge < -0.3 is 24.8 Å². The molecule has 1 aromatic carbocycles. The third-order valence-electron chi connectivity index (χ3n) is 4.57. The molecule has 1 unspecified atom stereocenters. The highest BCUT2D eigenvalue weighted by molar-refractivity contribution is 5.96. The van der Waals surface area contributed by atoms with E-state index in [-0.39, 0.29) is 18.6 Å². The summed E-state index contributed by atoms with van der Waals surface area (Å²) in [6.07, 6.45) is 3.15. The summed E-state index contributed by atoms with van der Waals surface area (Å²) < 4.78 is 15.9. The Morgan fingerprint density at radius 2 is 2.00 bits per heavy atom. The molecule has 0 radical (unpaired) electrons. The van der Waals surface area contributed by atoms with Crippen molar-refractivity contribution in [2.75, 3.05) is 18.5 Å². The topological polar surface area (TPSA) is 98.8 Å². The summed E-state index contributed by atoms with van der Waals surface area (Å²) in [4.78, 5) is 29.1. The summed E-state index contributed by atoms with van der Waals surface area (Å²) in [5.41, 5.74) is 1.40. The molecule has 1 saturated heterocycles. The van der Waals surface area contributed by atoms with Crippen molar-refractivity contribution in [3.05, 3.63) is 54.2 Å². The van der Waals surface area contributed by atoms with Crippen molar-refractivity contribution in [2.45, 2.75) is 44.9 Å². The second-order valence-electron chi connectivity index (χ2n) is 7.05. The number of aromatic nitrogens is 1. The van der Waals surface area contributed by atoms with Crippen LogP contribution in [0.5, 0.6) is 5.88 Å². The van der Waals surface area contributed by atoms with Crippen molar-refractivity contribution >= 4 is 17.7 Å². The van der Waals surface area contributed by atoms with Gasteiger partial charge in [-0.05, 0) is 18.1 Å². The molecule has 30 heavy (non-hydrogen) atoms. The Morgan fingerprint density at radius 3 is 2.63 bits per heavy atom. The van der Waals surface area contributed by atoms with Crippen LogP contribution in [0, 0.1) is 0 Å². The number of nitrogens with zero attached hydrogens (tertiary/aromatic N) is 1. The van der Waals surface area contributed by atoms with Gasteiger partial charge in [0, 0.05) is 6.07 Å². The zero-order chi connectivity index (χ0) is 21.2. The maximum absolute atomic E-state index is 12.7. The van der Waals surface area contributed by atoms with Crippen LogP contribution in [0.2, 0.25) is 0 Å². The molecule has 1 aromatic heterocycles. The van der Waals surface area contributed by atoms with E-state index in [4.69, 9.17) is 14.2 Å². The fraction of sp³-hybridized carbons (Fsp3) is 0.409. The summed E-state index contributed by atoms with van der Waals surface area (Å²) in [5, 5.41) is 5.45. The summed E-state index contributed by atoms with van der Waals surface area (Å²) in [7, 11) is 0. The first-order valence-corrected chi connectivity index (χ1v) is 10.1. The van der Waals surface area contributed by atoms with E-state index in [9.17, 15) is 9.59 Å². The molecule has 1 aliphatic rings. The Morgan fingerprint density at radius 1 is 1.20 bits per heavy atom. The molecule has 1 aliphatic heterocycles. The molecule has 0 saturated carbocycles. The molecule has 8 nitrogen and oxygen atoms in total. The Bertz CT molecular complexity index is 809. The average Bonchev–Trinajstić information content (AvgIpc) is 2.74. The van der Waals surface area contributed by atoms with Crippen LogP contribution in [0.1, 0.15) is 31.7 Å². The Hall–Kier alpha value is -3.13. The Balaban J connectivity index is 1.51. The largest absolute Gasteiger partial charge is 0.469 e. The van der Waals surface area contributed by atoms with Crippen molar-refractivity contribution in [3.8, 4) is 5.88 Å². The van der Waals surface area contributed by atoms with Gasteiger partial charge in [0.05, 0.1) is 25.1 Å².